The fourth-order valence-electron chi connectivity index (χ4n) is 2.13. The Morgan fingerprint density at radius 2 is 2.26 bits per heavy atom. The van der Waals surface area contributed by atoms with Crippen LogP contribution >= 0.6 is 0 Å². The smallest absolute Gasteiger partial charge is 0.252 e. The molecule has 0 amide bonds. The average Bonchev–Trinajstić information content (AvgIpc) is 2.40. The number of hydrogen-bond donors (Lipinski definition) is 2. The van der Waals surface area contributed by atoms with Crippen LogP contribution in [-0.2, 0) is 11.2 Å². The van der Waals surface area contributed by atoms with Gasteiger partial charge in [0.2, 0.25) is 5.95 Å². The molecule has 1 aliphatic rings. The fourth-order valence-corrected chi connectivity index (χ4v) is 2.13. The molecule has 6 heteroatoms. The molecule has 1 aromatic heterocycles. The second-order valence-electron chi connectivity index (χ2n) is 4.72. The number of anilines is 1. The van der Waals surface area contributed by atoms with Crippen molar-refractivity contribution in [3.8, 4) is 0 Å². The molecule has 0 aromatic carbocycles. The standard InChI is InChI=1S/C13H22N4O2/c1-2-3-11-10-12(18)16-13(15-11)14-4-5-17-6-8-19-9-7-17/h10H,2-9H2,1H3,(H2,14,15,16,18). The molecule has 1 fully saturated rings. The number of aryl methyl sites for hydroxylation is 1. The quantitative estimate of drug-likeness (QED) is 0.783. The van der Waals surface area contributed by atoms with Gasteiger partial charge in [0.05, 0.1) is 13.2 Å². The SMILES string of the molecule is CCCc1cc(=O)[nH]c(NCCN2CCOCC2)n1. The molecule has 0 aliphatic carbocycles. The van der Waals surface area contributed by atoms with Gasteiger partial charge in [0.15, 0.2) is 0 Å². The number of rotatable bonds is 6. The maximum absolute atomic E-state index is 11.5. The lowest BCUT2D eigenvalue weighted by Crippen LogP contribution is -2.39. The molecule has 0 radical (unpaired) electrons. The van der Waals surface area contributed by atoms with E-state index in [1.807, 2.05) is 0 Å². The van der Waals surface area contributed by atoms with E-state index in [9.17, 15) is 4.79 Å². The number of nitrogens with one attached hydrogen (secondary N) is 2. The van der Waals surface area contributed by atoms with Crippen LogP contribution < -0.4 is 10.9 Å². The highest BCUT2D eigenvalue weighted by Gasteiger charge is 2.09. The molecule has 0 bridgehead atoms. The lowest BCUT2D eigenvalue weighted by atomic mass is 10.2. The zero-order valence-electron chi connectivity index (χ0n) is 11.4. The van der Waals surface area contributed by atoms with Gasteiger partial charge in [0, 0.05) is 37.9 Å². The highest BCUT2D eigenvalue weighted by molar-refractivity contribution is 5.25. The van der Waals surface area contributed by atoms with E-state index in [0.29, 0.717) is 5.95 Å². The van der Waals surface area contributed by atoms with Gasteiger partial charge in [-0.2, -0.15) is 0 Å². The Bertz CT molecular complexity index is 441. The summed E-state index contributed by atoms with van der Waals surface area (Å²) in [5.41, 5.74) is 0.757. The zero-order valence-corrected chi connectivity index (χ0v) is 11.4. The minimum Gasteiger partial charge on any atom is -0.379 e. The zero-order chi connectivity index (χ0) is 13.5. The van der Waals surface area contributed by atoms with E-state index in [1.54, 1.807) is 6.07 Å². The average molecular weight is 266 g/mol. The first kappa shape index (κ1) is 14.0. The van der Waals surface area contributed by atoms with Gasteiger partial charge in [-0.1, -0.05) is 13.3 Å². The van der Waals surface area contributed by atoms with Crippen LogP contribution in [0.3, 0.4) is 0 Å². The highest BCUT2D eigenvalue weighted by atomic mass is 16.5. The van der Waals surface area contributed by atoms with Crippen molar-refractivity contribution in [2.24, 2.45) is 0 Å². The monoisotopic (exact) mass is 266 g/mol. The summed E-state index contributed by atoms with van der Waals surface area (Å²) >= 11 is 0. The topological polar surface area (TPSA) is 70.2 Å². The molecule has 19 heavy (non-hydrogen) atoms. The van der Waals surface area contributed by atoms with Crippen molar-refractivity contribution in [2.75, 3.05) is 44.7 Å². The maximum Gasteiger partial charge on any atom is 0.252 e. The van der Waals surface area contributed by atoms with Crippen molar-refractivity contribution in [2.45, 2.75) is 19.8 Å². The third-order valence-corrected chi connectivity index (χ3v) is 3.13. The second kappa shape index (κ2) is 7.25. The summed E-state index contributed by atoms with van der Waals surface area (Å²) in [6.45, 7) is 7.35. The van der Waals surface area contributed by atoms with Crippen molar-refractivity contribution in [3.63, 3.8) is 0 Å². The molecule has 2 rings (SSSR count). The van der Waals surface area contributed by atoms with Crippen molar-refractivity contribution in [1.82, 2.24) is 14.9 Å². The molecule has 6 nitrogen and oxygen atoms in total. The molecule has 106 valence electrons. The first-order chi connectivity index (χ1) is 9.28. The van der Waals surface area contributed by atoms with Crippen molar-refractivity contribution < 1.29 is 4.74 Å². The number of aromatic amines is 1. The van der Waals surface area contributed by atoms with Crippen molar-refractivity contribution in [3.05, 3.63) is 22.1 Å². The maximum atomic E-state index is 11.5. The van der Waals surface area contributed by atoms with Gasteiger partial charge in [-0.3, -0.25) is 14.7 Å². The Labute approximate surface area is 113 Å². The largest absolute Gasteiger partial charge is 0.379 e. The number of aromatic nitrogens is 2. The first-order valence-electron chi connectivity index (χ1n) is 6.92. The lowest BCUT2D eigenvalue weighted by Gasteiger charge is -2.26. The number of nitrogens with zero attached hydrogens (tertiary/aromatic N) is 2. The third-order valence-electron chi connectivity index (χ3n) is 3.13. The molecule has 0 unspecified atom stereocenters. The summed E-state index contributed by atoms with van der Waals surface area (Å²) in [6, 6.07) is 1.57. The van der Waals surface area contributed by atoms with E-state index in [4.69, 9.17) is 4.74 Å². The van der Waals surface area contributed by atoms with E-state index in [-0.39, 0.29) is 5.56 Å². The van der Waals surface area contributed by atoms with Crippen LogP contribution in [0.25, 0.3) is 0 Å². The fraction of sp³-hybridized carbons (Fsp3) is 0.692. The van der Waals surface area contributed by atoms with E-state index in [1.165, 1.54) is 0 Å². The first-order valence-corrected chi connectivity index (χ1v) is 6.92. The molecule has 1 aliphatic heterocycles. The summed E-state index contributed by atoms with van der Waals surface area (Å²) in [5, 5.41) is 3.18. The summed E-state index contributed by atoms with van der Waals surface area (Å²) < 4.78 is 5.30. The van der Waals surface area contributed by atoms with Crippen LogP contribution in [0.5, 0.6) is 0 Å². The van der Waals surface area contributed by atoms with E-state index < -0.39 is 0 Å². The molecular weight excluding hydrogens is 244 g/mol. The normalized spacial score (nSPS) is 16.5. The number of morpholine rings is 1. The van der Waals surface area contributed by atoms with Crippen molar-refractivity contribution >= 4 is 5.95 Å². The molecular formula is C13H22N4O2. The van der Waals surface area contributed by atoms with Crippen LogP contribution in [0.4, 0.5) is 5.95 Å². The van der Waals surface area contributed by atoms with Crippen LogP contribution in [0.15, 0.2) is 10.9 Å². The Morgan fingerprint density at radius 3 is 3.00 bits per heavy atom. The summed E-state index contributed by atoms with van der Waals surface area (Å²) in [6.07, 6.45) is 1.83. The van der Waals surface area contributed by atoms with Gasteiger partial charge >= 0.3 is 0 Å². The van der Waals surface area contributed by atoms with Crippen LogP contribution in [-0.4, -0.2) is 54.3 Å². The number of hydrogen-bond acceptors (Lipinski definition) is 5. The molecule has 0 spiro atoms. The van der Waals surface area contributed by atoms with Gasteiger partial charge in [-0.15, -0.1) is 0 Å². The van der Waals surface area contributed by atoms with Gasteiger partial charge in [-0.05, 0) is 6.42 Å². The van der Waals surface area contributed by atoms with Gasteiger partial charge in [0.25, 0.3) is 5.56 Å². The Kier molecular flexibility index (Phi) is 5.35. The molecule has 0 atom stereocenters. The van der Waals surface area contributed by atoms with Gasteiger partial charge < -0.3 is 10.1 Å². The minimum absolute atomic E-state index is 0.0904. The lowest BCUT2D eigenvalue weighted by molar-refractivity contribution is 0.0398. The van der Waals surface area contributed by atoms with E-state index >= 15 is 0 Å². The molecule has 2 heterocycles. The van der Waals surface area contributed by atoms with E-state index in [2.05, 4.69) is 27.1 Å². The van der Waals surface area contributed by atoms with Crippen LogP contribution in [0.2, 0.25) is 0 Å². The third kappa shape index (κ3) is 4.65. The van der Waals surface area contributed by atoms with Crippen LogP contribution in [0, 0.1) is 0 Å². The number of H-pyrrole nitrogens is 1. The van der Waals surface area contributed by atoms with Crippen molar-refractivity contribution in [1.29, 1.82) is 0 Å². The molecule has 1 saturated heterocycles. The summed E-state index contributed by atoms with van der Waals surface area (Å²) in [4.78, 5) is 20.9. The van der Waals surface area contributed by atoms with Crippen LogP contribution in [0.1, 0.15) is 19.0 Å². The predicted octanol–water partition coefficient (Wildman–Crippen LogP) is 0.467. The highest BCUT2D eigenvalue weighted by Crippen LogP contribution is 2.01. The molecule has 0 saturated carbocycles. The van der Waals surface area contributed by atoms with E-state index in [0.717, 1.165) is 57.9 Å². The molecule has 1 aromatic rings. The Morgan fingerprint density at radius 1 is 1.47 bits per heavy atom. The summed E-state index contributed by atoms with van der Waals surface area (Å²) in [5.74, 6) is 0.573. The second-order valence-corrected chi connectivity index (χ2v) is 4.72. The predicted molar refractivity (Wildman–Crippen MR) is 74.6 cm³/mol. The summed E-state index contributed by atoms with van der Waals surface area (Å²) in [7, 11) is 0. The minimum atomic E-state index is -0.0904. The number of ether oxygens (including phenoxy) is 1. The van der Waals surface area contributed by atoms with Gasteiger partial charge in [0.1, 0.15) is 0 Å². The Balaban J connectivity index is 1.82. The Hall–Kier alpha value is -1.40. The molecule has 2 N–H and O–H groups in total. The van der Waals surface area contributed by atoms with Gasteiger partial charge in [-0.25, -0.2) is 4.98 Å².